The van der Waals surface area contributed by atoms with Crippen molar-refractivity contribution in [2.24, 2.45) is 0 Å². The molecule has 0 saturated heterocycles. The molecule has 0 fully saturated rings. The number of benzene rings is 5. The molecule has 1 unspecified atom stereocenters. The van der Waals surface area contributed by atoms with Gasteiger partial charge in [-0.3, -0.25) is 0 Å². The number of ether oxygens (including phenoxy) is 2. The molecule has 0 spiro atoms. The third-order valence-electron chi connectivity index (χ3n) is 10.2. The van der Waals surface area contributed by atoms with Crippen LogP contribution in [0.15, 0.2) is 109 Å². The highest BCUT2D eigenvalue weighted by molar-refractivity contribution is 7.84. The molecular formula is C47H56NO3PS. The Morgan fingerprint density at radius 2 is 1.17 bits per heavy atom. The largest absolute Gasteiger partial charge is 0.496 e. The first-order chi connectivity index (χ1) is 24.8. The molecule has 1 heterocycles. The summed E-state index contributed by atoms with van der Waals surface area (Å²) >= 11 is 0. The van der Waals surface area contributed by atoms with E-state index in [0.717, 1.165) is 50.6 Å². The molecule has 1 aliphatic heterocycles. The van der Waals surface area contributed by atoms with Crippen molar-refractivity contribution < 1.29 is 13.7 Å². The summed E-state index contributed by atoms with van der Waals surface area (Å²) in [6.07, 6.45) is 0. The summed E-state index contributed by atoms with van der Waals surface area (Å²) in [5, 5.41) is 3.72. The third-order valence-corrected chi connectivity index (χ3v) is 14.2. The highest BCUT2D eigenvalue weighted by atomic mass is 32.2. The van der Waals surface area contributed by atoms with Crippen LogP contribution in [0.3, 0.4) is 0 Å². The molecule has 0 amide bonds. The van der Waals surface area contributed by atoms with Gasteiger partial charge in [-0.2, -0.15) is 0 Å². The van der Waals surface area contributed by atoms with Gasteiger partial charge < -0.3 is 9.47 Å². The average Bonchev–Trinajstić information content (AvgIpc) is 3.10. The molecule has 1 N–H and O–H groups in total. The zero-order chi connectivity index (χ0) is 38.5. The SMILES string of the molecule is COc1c(C(C)(C)C)cc([C@H](NS(=O)C(C)(C)C)c2cccc3c2Oc2c(P(c4ccccc4)c4ccccc4)cccc2C3(C)C)cc1C(C)(C)C. The highest BCUT2D eigenvalue weighted by Gasteiger charge is 2.40. The number of hydrogen-bond acceptors (Lipinski definition) is 3. The summed E-state index contributed by atoms with van der Waals surface area (Å²) in [7, 11) is -0.559. The lowest BCUT2D eigenvalue weighted by Crippen LogP contribution is -2.37. The smallest absolute Gasteiger partial charge is 0.139 e. The van der Waals surface area contributed by atoms with E-state index in [1.54, 1.807) is 7.11 Å². The summed E-state index contributed by atoms with van der Waals surface area (Å²) in [6, 6.07) is 38.8. The van der Waals surface area contributed by atoms with Crippen molar-refractivity contribution in [2.75, 3.05) is 7.11 Å². The van der Waals surface area contributed by atoms with Gasteiger partial charge in [-0.05, 0) is 67.8 Å². The van der Waals surface area contributed by atoms with Gasteiger partial charge in [0.15, 0.2) is 0 Å². The molecular weight excluding hydrogens is 690 g/mol. The van der Waals surface area contributed by atoms with E-state index in [1.165, 1.54) is 15.9 Å². The third kappa shape index (κ3) is 7.63. The van der Waals surface area contributed by atoms with Crippen molar-refractivity contribution >= 4 is 34.8 Å². The van der Waals surface area contributed by atoms with Crippen LogP contribution in [-0.2, 0) is 27.2 Å². The molecule has 0 bridgehead atoms. The molecule has 0 aromatic heterocycles. The fourth-order valence-electron chi connectivity index (χ4n) is 7.26. The second-order valence-electron chi connectivity index (χ2n) is 17.7. The molecule has 6 heteroatoms. The first-order valence-electron chi connectivity index (χ1n) is 18.6. The number of para-hydroxylation sites is 2. The van der Waals surface area contributed by atoms with Gasteiger partial charge >= 0.3 is 0 Å². The Bertz CT molecular complexity index is 2050. The summed E-state index contributed by atoms with van der Waals surface area (Å²) in [6.45, 7) is 24.0. The maximum Gasteiger partial charge on any atom is 0.139 e. The normalized spacial score (nSPS) is 15.3. The van der Waals surface area contributed by atoms with Crippen LogP contribution in [0, 0.1) is 0 Å². The Kier molecular flexibility index (Phi) is 10.6. The number of hydrogen-bond donors (Lipinski definition) is 1. The fourth-order valence-corrected chi connectivity index (χ4v) is 10.5. The standard InChI is InChI=1S/C47H56NO3PS/c1-44(2,3)37-29-31(30-38(42(37)50-12)45(4,5)6)40(48-53(49)46(7,8)9)34-25-19-26-35-41(34)51-43-36(47(35,10)11)27-20-28-39(43)52(32-21-15-13-16-22-32)33-23-17-14-18-24-33/h13-30,40,48H,1-12H3/t40-,53?/m0/s1. The van der Waals surface area contributed by atoms with Crippen LogP contribution in [-0.4, -0.2) is 16.1 Å². The minimum Gasteiger partial charge on any atom is -0.496 e. The van der Waals surface area contributed by atoms with Crippen molar-refractivity contribution in [3.05, 3.63) is 143 Å². The topological polar surface area (TPSA) is 47.6 Å². The monoisotopic (exact) mass is 745 g/mol. The number of methoxy groups -OCH3 is 1. The molecule has 278 valence electrons. The molecule has 1 aliphatic rings. The summed E-state index contributed by atoms with van der Waals surface area (Å²) in [5.74, 6) is 2.64. The van der Waals surface area contributed by atoms with E-state index in [4.69, 9.17) is 9.47 Å². The maximum absolute atomic E-state index is 14.2. The minimum absolute atomic E-state index is 0.205. The van der Waals surface area contributed by atoms with Gasteiger partial charge in [-0.15, -0.1) is 0 Å². The van der Waals surface area contributed by atoms with E-state index in [0.29, 0.717) is 0 Å². The van der Waals surface area contributed by atoms with Crippen LogP contribution in [0.4, 0.5) is 0 Å². The van der Waals surface area contributed by atoms with Crippen LogP contribution in [0.2, 0.25) is 0 Å². The van der Waals surface area contributed by atoms with E-state index >= 15 is 0 Å². The van der Waals surface area contributed by atoms with Crippen LogP contribution in [0.5, 0.6) is 17.2 Å². The van der Waals surface area contributed by atoms with Crippen LogP contribution < -0.4 is 30.1 Å². The van der Waals surface area contributed by atoms with E-state index in [2.05, 4.69) is 169 Å². The molecule has 5 aromatic carbocycles. The van der Waals surface area contributed by atoms with Gasteiger partial charge in [-0.25, -0.2) is 8.93 Å². The molecule has 0 aliphatic carbocycles. The Morgan fingerprint density at radius 1 is 0.679 bits per heavy atom. The average molecular weight is 746 g/mol. The Morgan fingerprint density at radius 3 is 1.64 bits per heavy atom. The number of rotatable bonds is 8. The Balaban J connectivity index is 1.62. The van der Waals surface area contributed by atoms with Crippen molar-refractivity contribution in [3.8, 4) is 17.2 Å². The second-order valence-corrected chi connectivity index (χ2v) is 21.9. The predicted molar refractivity (Wildman–Crippen MR) is 227 cm³/mol. The fraction of sp³-hybridized carbons (Fsp3) is 0.362. The van der Waals surface area contributed by atoms with Crippen molar-refractivity contribution in [1.82, 2.24) is 4.72 Å². The van der Waals surface area contributed by atoms with Crippen molar-refractivity contribution in [3.63, 3.8) is 0 Å². The summed E-state index contributed by atoms with van der Waals surface area (Å²) < 4.78 is 30.9. The lowest BCUT2D eigenvalue weighted by Gasteiger charge is -2.39. The van der Waals surface area contributed by atoms with E-state index in [9.17, 15) is 4.21 Å². The van der Waals surface area contributed by atoms with Crippen molar-refractivity contribution in [2.45, 2.75) is 103 Å². The minimum atomic E-state index is -1.39. The lowest BCUT2D eigenvalue weighted by atomic mass is 9.74. The van der Waals surface area contributed by atoms with Gasteiger partial charge in [0.2, 0.25) is 0 Å². The van der Waals surface area contributed by atoms with Gasteiger partial charge in [0.25, 0.3) is 0 Å². The molecule has 0 radical (unpaired) electrons. The van der Waals surface area contributed by atoms with Gasteiger partial charge in [0.05, 0.1) is 28.9 Å². The number of nitrogens with one attached hydrogen (secondary N) is 1. The molecule has 53 heavy (non-hydrogen) atoms. The van der Waals surface area contributed by atoms with Crippen LogP contribution >= 0.6 is 7.92 Å². The van der Waals surface area contributed by atoms with Crippen LogP contribution in [0.1, 0.15) is 116 Å². The second kappa shape index (κ2) is 14.5. The number of fused-ring (bicyclic) bond motifs is 2. The predicted octanol–water partition coefficient (Wildman–Crippen LogP) is 10.6. The summed E-state index contributed by atoms with van der Waals surface area (Å²) in [4.78, 5) is 0. The molecule has 4 nitrogen and oxygen atoms in total. The van der Waals surface area contributed by atoms with Gasteiger partial charge in [-0.1, -0.05) is 152 Å². The first kappa shape index (κ1) is 38.9. The highest BCUT2D eigenvalue weighted by Crippen LogP contribution is 2.53. The maximum atomic E-state index is 14.2. The zero-order valence-corrected chi connectivity index (χ0v) is 35.3. The molecule has 6 rings (SSSR count). The van der Waals surface area contributed by atoms with Gasteiger partial charge in [0, 0.05) is 38.5 Å². The van der Waals surface area contributed by atoms with Crippen molar-refractivity contribution in [1.29, 1.82) is 0 Å². The zero-order valence-electron chi connectivity index (χ0n) is 33.5. The van der Waals surface area contributed by atoms with Gasteiger partial charge in [0.1, 0.15) is 17.2 Å². The van der Waals surface area contributed by atoms with E-state index in [-0.39, 0.29) is 16.2 Å². The molecule has 0 saturated carbocycles. The summed E-state index contributed by atoms with van der Waals surface area (Å²) in [5.41, 5.74) is 5.72. The Hall–Kier alpha value is -3.76. The first-order valence-corrected chi connectivity index (χ1v) is 21.1. The van der Waals surface area contributed by atoms with E-state index in [1.807, 2.05) is 20.8 Å². The van der Waals surface area contributed by atoms with E-state index < -0.39 is 29.7 Å². The lowest BCUT2D eigenvalue weighted by molar-refractivity contribution is 0.381. The van der Waals surface area contributed by atoms with Crippen LogP contribution in [0.25, 0.3) is 0 Å². The quantitative estimate of drug-likeness (QED) is 0.161. The Labute approximate surface area is 322 Å². The molecule has 2 atom stereocenters. The molecule has 5 aromatic rings.